The molecule has 6 heteroatoms. The molecule has 1 fully saturated rings. The van der Waals surface area contributed by atoms with E-state index in [0.29, 0.717) is 17.5 Å². The average Bonchev–Trinajstić information content (AvgIpc) is 3.23. The number of para-hydroxylation sites is 1. The molecule has 1 aromatic heterocycles. The van der Waals surface area contributed by atoms with Gasteiger partial charge in [0.05, 0.1) is 16.7 Å². The molecule has 218 valence electrons. The van der Waals surface area contributed by atoms with Crippen molar-refractivity contribution in [2.24, 2.45) is 16.8 Å². The molecule has 0 atom stereocenters. The Morgan fingerprint density at radius 3 is 2.25 bits per heavy atom. The van der Waals surface area contributed by atoms with Gasteiger partial charge in [-0.3, -0.25) is 14.3 Å². The molecule has 1 aliphatic rings. The van der Waals surface area contributed by atoms with Crippen LogP contribution in [0.15, 0.2) is 47.5 Å². The van der Waals surface area contributed by atoms with Crippen molar-refractivity contribution in [3.05, 3.63) is 59.2 Å². The van der Waals surface area contributed by atoms with E-state index in [1.807, 2.05) is 18.2 Å². The van der Waals surface area contributed by atoms with E-state index < -0.39 is 0 Å². The maximum absolute atomic E-state index is 12.5. The highest BCUT2D eigenvalue weighted by atomic mass is 16.1. The Bertz CT molecular complexity index is 1280. The van der Waals surface area contributed by atoms with Gasteiger partial charge in [0.1, 0.15) is 0 Å². The van der Waals surface area contributed by atoms with E-state index in [-0.39, 0.29) is 0 Å². The third-order valence-corrected chi connectivity index (χ3v) is 8.24. The van der Waals surface area contributed by atoms with Gasteiger partial charge in [0.15, 0.2) is 0 Å². The van der Waals surface area contributed by atoms with Crippen LogP contribution in [-0.2, 0) is 17.9 Å². The van der Waals surface area contributed by atoms with Gasteiger partial charge in [0, 0.05) is 13.1 Å². The zero-order valence-electron chi connectivity index (χ0n) is 25.6. The number of carbonyl (C=O) groups excluding carboxylic acids is 1. The number of fused-ring (bicyclic) bond motifs is 1. The summed E-state index contributed by atoms with van der Waals surface area (Å²) in [4.78, 5) is 22.8. The van der Waals surface area contributed by atoms with Crippen molar-refractivity contribution >= 4 is 23.1 Å². The first-order valence-corrected chi connectivity index (χ1v) is 15.6. The van der Waals surface area contributed by atoms with Crippen LogP contribution in [-0.4, -0.2) is 58.1 Å². The van der Waals surface area contributed by atoms with Crippen molar-refractivity contribution in [1.82, 2.24) is 18.9 Å². The monoisotopic (exact) mass is 545 g/mol. The topological polar surface area (TPSA) is 45.8 Å². The molecule has 0 N–H and O–H groups in total. The molecule has 2 aromatic carbocycles. The smallest absolute Gasteiger partial charge is 0.221 e. The van der Waals surface area contributed by atoms with Crippen molar-refractivity contribution in [1.29, 1.82) is 0 Å². The highest BCUT2D eigenvalue weighted by Gasteiger charge is 2.16. The molecule has 40 heavy (non-hydrogen) atoms. The second-order valence-corrected chi connectivity index (χ2v) is 12.5. The Kier molecular flexibility index (Phi) is 11.2. The van der Waals surface area contributed by atoms with Gasteiger partial charge in [-0.15, -0.1) is 0 Å². The van der Waals surface area contributed by atoms with Gasteiger partial charge in [0.2, 0.25) is 12.0 Å². The number of nitrogens with zero attached hydrogens (tertiary/aromatic N) is 5. The molecule has 1 aliphatic heterocycles. The van der Waals surface area contributed by atoms with E-state index in [1.165, 1.54) is 50.8 Å². The van der Waals surface area contributed by atoms with Crippen LogP contribution < -0.4 is 5.62 Å². The first-order valence-electron chi connectivity index (χ1n) is 15.6. The number of hydrogen-bond donors (Lipinski definition) is 0. The van der Waals surface area contributed by atoms with Crippen LogP contribution >= 0.6 is 0 Å². The number of carbonyl (C=O) groups is 1. The lowest BCUT2D eigenvalue weighted by molar-refractivity contribution is 0.223. The maximum Gasteiger partial charge on any atom is 0.221 e. The lowest BCUT2D eigenvalue weighted by Crippen LogP contribution is -2.32. The summed E-state index contributed by atoms with van der Waals surface area (Å²) < 4.78 is 4.03. The Hall–Kier alpha value is -2.70. The van der Waals surface area contributed by atoms with Crippen LogP contribution in [0.25, 0.3) is 11.0 Å². The fourth-order valence-corrected chi connectivity index (χ4v) is 5.71. The summed E-state index contributed by atoms with van der Waals surface area (Å²) in [5, 5.41) is 0. The van der Waals surface area contributed by atoms with Gasteiger partial charge in [-0.25, -0.2) is 4.99 Å². The SMILES string of the molecule is Cc1ccccc1/N=c1\n(C=O)c2ccc(CN(CCC(C)C)CCC(C)C)cc2n1CCCN1CCCCC1. The summed E-state index contributed by atoms with van der Waals surface area (Å²) >= 11 is 0. The van der Waals surface area contributed by atoms with E-state index in [1.54, 1.807) is 4.57 Å². The molecule has 4 rings (SSSR count). The van der Waals surface area contributed by atoms with Crippen LogP contribution in [0.1, 0.15) is 77.3 Å². The van der Waals surface area contributed by atoms with Gasteiger partial charge in [-0.05, 0) is 113 Å². The molecule has 0 unspecified atom stereocenters. The molecule has 0 aliphatic carbocycles. The second kappa shape index (κ2) is 14.8. The number of rotatable bonds is 14. The first kappa shape index (κ1) is 30.3. The van der Waals surface area contributed by atoms with Crippen LogP contribution in [0.2, 0.25) is 0 Å². The third-order valence-electron chi connectivity index (χ3n) is 8.24. The molecule has 0 bridgehead atoms. The van der Waals surface area contributed by atoms with E-state index >= 15 is 0 Å². The second-order valence-electron chi connectivity index (χ2n) is 12.5. The number of aromatic nitrogens is 2. The largest absolute Gasteiger partial charge is 0.309 e. The summed E-state index contributed by atoms with van der Waals surface area (Å²) in [5.74, 6) is 1.39. The molecular weight excluding hydrogens is 494 g/mol. The quantitative estimate of drug-likeness (QED) is 0.210. The molecule has 0 amide bonds. The Labute approximate surface area is 241 Å². The van der Waals surface area contributed by atoms with Crippen molar-refractivity contribution < 1.29 is 4.79 Å². The van der Waals surface area contributed by atoms with Gasteiger partial charge in [-0.1, -0.05) is 58.4 Å². The maximum atomic E-state index is 12.5. The van der Waals surface area contributed by atoms with E-state index in [0.717, 1.165) is 67.8 Å². The molecule has 0 spiro atoms. The Morgan fingerprint density at radius 2 is 1.60 bits per heavy atom. The minimum absolute atomic E-state index is 0.693. The molecule has 1 saturated heterocycles. The molecular formula is C34H51N5O. The van der Waals surface area contributed by atoms with Gasteiger partial charge in [0.25, 0.3) is 0 Å². The summed E-state index contributed by atoms with van der Waals surface area (Å²) in [6.45, 7) is 18.8. The molecule has 0 radical (unpaired) electrons. The molecule has 2 heterocycles. The third kappa shape index (κ3) is 8.17. The zero-order valence-corrected chi connectivity index (χ0v) is 25.6. The number of aryl methyl sites for hydroxylation is 2. The van der Waals surface area contributed by atoms with Gasteiger partial charge >= 0.3 is 0 Å². The Balaban J connectivity index is 1.71. The highest BCUT2D eigenvalue weighted by molar-refractivity contribution is 5.82. The van der Waals surface area contributed by atoms with Gasteiger partial charge in [-0.2, -0.15) is 0 Å². The van der Waals surface area contributed by atoms with Crippen molar-refractivity contribution in [2.75, 3.05) is 32.7 Å². The lowest BCUT2D eigenvalue weighted by atomic mass is 10.1. The first-order chi connectivity index (χ1) is 19.4. The van der Waals surface area contributed by atoms with Crippen molar-refractivity contribution in [3.63, 3.8) is 0 Å². The predicted molar refractivity (Wildman–Crippen MR) is 168 cm³/mol. The summed E-state index contributed by atoms with van der Waals surface area (Å²) in [5.41, 5.74) is 6.06. The van der Waals surface area contributed by atoms with Crippen LogP contribution in [0.4, 0.5) is 5.69 Å². The normalized spacial score (nSPS) is 15.2. The van der Waals surface area contributed by atoms with Crippen LogP contribution in [0, 0.1) is 18.8 Å². The lowest BCUT2D eigenvalue weighted by Gasteiger charge is -2.26. The van der Waals surface area contributed by atoms with Gasteiger partial charge < -0.3 is 9.47 Å². The number of likely N-dealkylation sites (tertiary alicyclic amines) is 1. The zero-order chi connectivity index (χ0) is 28.5. The number of benzene rings is 2. The van der Waals surface area contributed by atoms with Crippen molar-refractivity contribution in [2.45, 2.75) is 86.2 Å². The summed E-state index contributed by atoms with van der Waals surface area (Å²) in [6.07, 6.45) is 8.34. The van der Waals surface area contributed by atoms with Crippen LogP contribution in [0.5, 0.6) is 0 Å². The number of imidazole rings is 1. The number of piperidine rings is 1. The fourth-order valence-electron chi connectivity index (χ4n) is 5.71. The average molecular weight is 546 g/mol. The minimum atomic E-state index is 0.693. The Morgan fingerprint density at radius 1 is 0.900 bits per heavy atom. The highest BCUT2D eigenvalue weighted by Crippen LogP contribution is 2.21. The van der Waals surface area contributed by atoms with Crippen LogP contribution in [0.3, 0.4) is 0 Å². The molecule has 6 nitrogen and oxygen atoms in total. The predicted octanol–water partition coefficient (Wildman–Crippen LogP) is 6.79. The van der Waals surface area contributed by atoms with E-state index in [4.69, 9.17) is 4.99 Å². The number of hydrogen-bond acceptors (Lipinski definition) is 4. The van der Waals surface area contributed by atoms with Crippen molar-refractivity contribution in [3.8, 4) is 0 Å². The summed E-state index contributed by atoms with van der Waals surface area (Å²) in [6, 6.07) is 14.8. The summed E-state index contributed by atoms with van der Waals surface area (Å²) in [7, 11) is 0. The molecule has 3 aromatic rings. The van der Waals surface area contributed by atoms with E-state index in [9.17, 15) is 4.79 Å². The molecule has 0 saturated carbocycles. The fraction of sp³-hybridized carbons (Fsp3) is 0.588. The standard InChI is InChI=1S/C34H51N5O/c1-27(2)16-22-37(23-17-28(3)4)25-30-14-15-32-33(24-30)38(21-11-20-36-18-9-6-10-19-36)34(39(32)26-40)35-31-13-8-7-12-29(31)5/h7-8,12-15,24,26-28H,6,9-11,16-23,25H2,1-5H3/b35-34-. The van der Waals surface area contributed by atoms with E-state index in [2.05, 4.69) is 73.3 Å². The minimum Gasteiger partial charge on any atom is -0.309 e.